The number of hydrogen-bond donors (Lipinski definition) is 6. The minimum atomic E-state index is -2.31. The molecule has 0 aromatic heterocycles. The molecule has 6 N–H and O–H groups in total. The van der Waals surface area contributed by atoms with E-state index in [9.17, 15) is 44.7 Å². The topological polar surface area (TPSA) is 200 Å². The Kier molecular flexibility index (Phi) is 12.5. The summed E-state index contributed by atoms with van der Waals surface area (Å²) in [6, 6.07) is 3.78. The Morgan fingerprint density at radius 3 is 2.42 bits per heavy atom. The first-order valence-corrected chi connectivity index (χ1v) is 20.1. The molecule has 0 radical (unpaired) electrons. The summed E-state index contributed by atoms with van der Waals surface area (Å²) in [6.07, 6.45) is 8.90. The summed E-state index contributed by atoms with van der Waals surface area (Å²) >= 11 is 0. The molecule has 0 spiro atoms. The highest BCUT2D eigenvalue weighted by Crippen LogP contribution is 2.52. The van der Waals surface area contributed by atoms with Crippen LogP contribution < -0.4 is 5.32 Å². The quantitative estimate of drug-likeness (QED) is 0.0799. The Morgan fingerprint density at radius 1 is 1.02 bits per heavy atom. The largest absolute Gasteiger partial charge is 0.507 e. The Morgan fingerprint density at radius 2 is 1.73 bits per heavy atom. The number of phenolic OH excluding ortho intramolecular Hbond substituents is 2. The molecule has 3 aliphatic carbocycles. The van der Waals surface area contributed by atoms with E-state index in [1.54, 1.807) is 39.0 Å². The van der Waals surface area contributed by atoms with Gasteiger partial charge in [0.1, 0.15) is 29.8 Å². The Labute approximate surface area is 344 Å². The highest BCUT2D eigenvalue weighted by Gasteiger charge is 2.50. The van der Waals surface area contributed by atoms with Crippen molar-refractivity contribution >= 4 is 23.3 Å². The van der Waals surface area contributed by atoms with Gasteiger partial charge in [0.05, 0.1) is 29.4 Å². The molecule has 0 saturated carbocycles. The first-order chi connectivity index (χ1) is 27.8. The van der Waals surface area contributed by atoms with Gasteiger partial charge in [0.2, 0.25) is 5.91 Å². The molecule has 1 fully saturated rings. The van der Waals surface area contributed by atoms with E-state index < -0.39 is 102 Å². The van der Waals surface area contributed by atoms with E-state index in [0.717, 1.165) is 18.4 Å². The molecule has 0 bridgehead atoms. The molecule has 1 heterocycles. The maximum atomic E-state index is 13.9. The zero-order valence-corrected chi connectivity index (χ0v) is 34.7. The van der Waals surface area contributed by atoms with Gasteiger partial charge in [0.15, 0.2) is 23.6 Å². The third-order valence-electron chi connectivity index (χ3n) is 12.2. The number of allylic oxidation sites excluding steroid dienone is 9. The molecule has 1 aliphatic heterocycles. The van der Waals surface area contributed by atoms with Crippen molar-refractivity contribution in [1.29, 1.82) is 0 Å². The number of aromatic hydroxyl groups is 2. The summed E-state index contributed by atoms with van der Waals surface area (Å²) in [4.78, 5) is 53.8. The SMILES string of the molecule is CC1=C(/C=C/C(C)=C/C=C/C(C)=C/C(=O)NC2CC(OC3CC(O)(C(=O)CO)Cc4c(O)c5c(c(O)c43)C(=O)c3c(C)cccc3C5=O)OC(C)C2O)C(C)(C)CCC1. The fourth-order valence-electron chi connectivity index (χ4n) is 9.00. The van der Waals surface area contributed by atoms with Gasteiger partial charge in [-0.25, -0.2) is 0 Å². The molecule has 2 aromatic carbocycles. The fraction of sp³-hybridized carbons (Fsp3) is 0.447. The van der Waals surface area contributed by atoms with Gasteiger partial charge < -0.3 is 40.3 Å². The van der Waals surface area contributed by atoms with Crippen molar-refractivity contribution in [3.05, 3.63) is 116 Å². The minimum absolute atomic E-state index is 0.0294. The number of amides is 1. The zero-order valence-electron chi connectivity index (χ0n) is 34.7. The molecule has 1 saturated heterocycles. The summed E-state index contributed by atoms with van der Waals surface area (Å²) in [5, 5.41) is 58.6. The van der Waals surface area contributed by atoms with Gasteiger partial charge in [-0.15, -0.1) is 0 Å². The highest BCUT2D eigenvalue weighted by atomic mass is 16.7. The molecule has 314 valence electrons. The standard InChI is InChI=1S/C47H55NO11/c1-24(16-17-31-26(3)14-10-18-46(31,6)7)11-8-12-25(2)19-35(51)48-32-20-36(58-28(5)41(32)52)59-33-22-47(57,34(50)23-49)21-30-38(33)45(56)40-39(43(30)54)42(53)29-15-9-13-27(4)37(29)44(40)55/h8-9,11-13,15-17,19,28,32-33,36,41,49,52,54,56-57H,10,14,18,20-23H2,1-7H3,(H,48,51)/b12-8+,17-16+,24-11+,25-19+. The van der Waals surface area contributed by atoms with Crippen molar-refractivity contribution in [1.82, 2.24) is 5.32 Å². The van der Waals surface area contributed by atoms with Gasteiger partial charge in [-0.3, -0.25) is 19.2 Å². The van der Waals surface area contributed by atoms with Gasteiger partial charge in [0.25, 0.3) is 0 Å². The van der Waals surface area contributed by atoms with E-state index in [-0.39, 0.29) is 34.1 Å². The lowest BCUT2D eigenvalue weighted by Gasteiger charge is -2.42. The number of aliphatic hydroxyl groups is 3. The van der Waals surface area contributed by atoms with Crippen LogP contribution in [0.15, 0.2) is 76.9 Å². The molecular weight excluding hydrogens is 755 g/mol. The van der Waals surface area contributed by atoms with Gasteiger partial charge in [-0.1, -0.05) is 73.6 Å². The monoisotopic (exact) mass is 809 g/mol. The van der Waals surface area contributed by atoms with Crippen LogP contribution in [0.2, 0.25) is 0 Å². The second-order valence-electron chi connectivity index (χ2n) is 17.1. The summed E-state index contributed by atoms with van der Waals surface area (Å²) in [6.45, 7) is 12.7. The third kappa shape index (κ3) is 8.55. The number of fused-ring (bicyclic) bond motifs is 3. The predicted molar refractivity (Wildman–Crippen MR) is 220 cm³/mol. The third-order valence-corrected chi connectivity index (χ3v) is 12.2. The maximum Gasteiger partial charge on any atom is 0.244 e. The predicted octanol–water partition coefficient (Wildman–Crippen LogP) is 5.99. The van der Waals surface area contributed by atoms with Crippen LogP contribution in [0.5, 0.6) is 11.5 Å². The van der Waals surface area contributed by atoms with E-state index in [2.05, 4.69) is 38.2 Å². The fourth-order valence-corrected chi connectivity index (χ4v) is 9.00. The smallest absolute Gasteiger partial charge is 0.244 e. The van der Waals surface area contributed by atoms with Crippen LogP contribution in [-0.2, 0) is 25.5 Å². The number of rotatable bonds is 10. The number of hydrogen-bond acceptors (Lipinski definition) is 11. The van der Waals surface area contributed by atoms with Gasteiger partial charge >= 0.3 is 0 Å². The number of aliphatic hydroxyl groups excluding tert-OH is 2. The lowest BCUT2D eigenvalue weighted by atomic mass is 9.71. The molecule has 6 atom stereocenters. The van der Waals surface area contributed by atoms with Gasteiger partial charge in [0, 0.05) is 47.6 Å². The lowest BCUT2D eigenvalue weighted by Crippen LogP contribution is -2.55. The first kappa shape index (κ1) is 43.6. The molecular formula is C47H55NO11. The molecule has 6 unspecified atom stereocenters. The molecule has 2 aromatic rings. The second kappa shape index (κ2) is 16.9. The minimum Gasteiger partial charge on any atom is -0.507 e. The van der Waals surface area contributed by atoms with E-state index in [1.165, 1.54) is 29.7 Å². The number of benzene rings is 2. The summed E-state index contributed by atoms with van der Waals surface area (Å²) in [5.74, 6) is -4.26. The number of phenols is 2. The summed E-state index contributed by atoms with van der Waals surface area (Å²) in [5.41, 5.74) is 1.68. The van der Waals surface area contributed by atoms with Crippen LogP contribution in [-0.4, -0.2) is 85.5 Å². The lowest BCUT2D eigenvalue weighted by molar-refractivity contribution is -0.249. The molecule has 1 amide bonds. The number of nitrogens with one attached hydrogen (secondary N) is 1. The zero-order chi connectivity index (χ0) is 43.1. The number of Topliss-reactive ketones (excluding diaryl/α,β-unsaturated/α-hetero) is 1. The second-order valence-corrected chi connectivity index (χ2v) is 17.1. The Hall–Kier alpha value is -4.98. The summed E-state index contributed by atoms with van der Waals surface area (Å²) < 4.78 is 12.3. The van der Waals surface area contributed by atoms with Crippen LogP contribution >= 0.6 is 0 Å². The Bertz CT molecular complexity index is 2240. The average Bonchev–Trinajstić information content (AvgIpc) is 3.16. The molecule has 59 heavy (non-hydrogen) atoms. The number of aryl methyl sites for hydroxylation is 1. The maximum absolute atomic E-state index is 13.9. The summed E-state index contributed by atoms with van der Waals surface area (Å²) in [7, 11) is 0. The molecule has 12 nitrogen and oxygen atoms in total. The van der Waals surface area contributed by atoms with Crippen molar-refractivity contribution in [2.45, 2.75) is 123 Å². The van der Waals surface area contributed by atoms with Crippen LogP contribution in [0.1, 0.15) is 128 Å². The van der Waals surface area contributed by atoms with E-state index in [0.29, 0.717) is 11.1 Å². The number of carbonyl (C=O) groups excluding carboxylic acids is 4. The van der Waals surface area contributed by atoms with Gasteiger partial charge in [-0.05, 0) is 76.0 Å². The van der Waals surface area contributed by atoms with Crippen molar-refractivity contribution in [3.63, 3.8) is 0 Å². The first-order valence-electron chi connectivity index (χ1n) is 20.1. The highest BCUT2D eigenvalue weighted by molar-refractivity contribution is 6.31. The van der Waals surface area contributed by atoms with Gasteiger partial charge in [-0.2, -0.15) is 0 Å². The number of ether oxygens (including phenoxy) is 2. The normalized spacial score (nSPS) is 27.2. The van der Waals surface area contributed by atoms with Crippen LogP contribution in [0.3, 0.4) is 0 Å². The average molecular weight is 810 g/mol. The van der Waals surface area contributed by atoms with Crippen LogP contribution in [0.25, 0.3) is 0 Å². The van der Waals surface area contributed by atoms with Crippen molar-refractivity contribution in [3.8, 4) is 11.5 Å². The number of ketones is 3. The number of carbonyl (C=O) groups is 4. The van der Waals surface area contributed by atoms with Crippen molar-refractivity contribution in [2.24, 2.45) is 5.41 Å². The van der Waals surface area contributed by atoms with E-state index in [1.807, 2.05) is 19.1 Å². The van der Waals surface area contributed by atoms with Crippen LogP contribution in [0, 0.1) is 12.3 Å². The molecule has 6 rings (SSSR count). The van der Waals surface area contributed by atoms with Crippen LogP contribution in [0.4, 0.5) is 0 Å². The Balaban J connectivity index is 1.22. The van der Waals surface area contributed by atoms with E-state index >= 15 is 0 Å². The molecule has 12 heteroatoms. The molecule has 4 aliphatic rings. The van der Waals surface area contributed by atoms with Crippen molar-refractivity contribution in [2.75, 3.05) is 6.61 Å². The van der Waals surface area contributed by atoms with Crippen molar-refractivity contribution < 1.29 is 54.2 Å². The van der Waals surface area contributed by atoms with E-state index in [4.69, 9.17) is 9.47 Å².